The number of ether oxygens (including phenoxy) is 2. The van der Waals surface area contributed by atoms with Crippen LogP contribution in [0.15, 0.2) is 36.4 Å². The Morgan fingerprint density at radius 2 is 1.58 bits per heavy atom. The van der Waals surface area contributed by atoms with Crippen molar-refractivity contribution >= 4 is 11.6 Å². The maximum Gasteiger partial charge on any atom is 0.235 e. The van der Waals surface area contributed by atoms with Gasteiger partial charge in [-0.2, -0.15) is 0 Å². The highest BCUT2D eigenvalue weighted by atomic mass is 16.5. The number of hydrogen-bond donors (Lipinski definition) is 1. The van der Waals surface area contributed by atoms with Crippen LogP contribution in [0.25, 0.3) is 0 Å². The minimum atomic E-state index is -0.461. The third-order valence-electron chi connectivity index (χ3n) is 4.60. The lowest BCUT2D eigenvalue weighted by Crippen LogP contribution is -2.27. The van der Waals surface area contributed by atoms with E-state index < -0.39 is 5.41 Å². The number of carbonyl (C=O) groups excluding carboxylic acids is 1. The fourth-order valence-corrected chi connectivity index (χ4v) is 3.20. The number of anilines is 1. The fourth-order valence-electron chi connectivity index (χ4n) is 3.20. The number of amides is 1. The van der Waals surface area contributed by atoms with Crippen molar-refractivity contribution in [3.8, 4) is 11.5 Å². The Hall–Kier alpha value is -2.49. The summed E-state index contributed by atoms with van der Waals surface area (Å²) in [6.07, 6.45) is 1.69. The van der Waals surface area contributed by atoms with Gasteiger partial charge in [-0.15, -0.1) is 0 Å². The lowest BCUT2D eigenvalue weighted by molar-refractivity contribution is -0.118. The first-order valence-electron chi connectivity index (χ1n) is 8.11. The van der Waals surface area contributed by atoms with Crippen LogP contribution >= 0.6 is 0 Å². The van der Waals surface area contributed by atoms with Crippen molar-refractivity contribution in [3.05, 3.63) is 53.1 Å². The summed E-state index contributed by atoms with van der Waals surface area (Å²) in [4.78, 5) is 12.9. The van der Waals surface area contributed by atoms with Crippen molar-refractivity contribution in [2.75, 3.05) is 19.5 Å². The second-order valence-electron chi connectivity index (χ2n) is 6.48. The van der Waals surface area contributed by atoms with Gasteiger partial charge in [-0.3, -0.25) is 4.79 Å². The molecule has 0 saturated heterocycles. The summed E-state index contributed by atoms with van der Waals surface area (Å²) in [5.74, 6) is 1.37. The first-order valence-corrected chi connectivity index (χ1v) is 8.11. The monoisotopic (exact) mass is 325 g/mol. The molecule has 0 heterocycles. The van der Waals surface area contributed by atoms with Gasteiger partial charge in [0.05, 0.1) is 19.6 Å². The van der Waals surface area contributed by atoms with E-state index in [4.69, 9.17) is 9.47 Å². The largest absolute Gasteiger partial charge is 0.493 e. The third kappa shape index (κ3) is 2.96. The van der Waals surface area contributed by atoms with E-state index in [0.717, 1.165) is 35.2 Å². The molecular formula is C20H23NO3. The third-order valence-corrected chi connectivity index (χ3v) is 4.60. The van der Waals surface area contributed by atoms with Crippen LogP contribution in [-0.2, 0) is 10.2 Å². The number of methoxy groups -OCH3 is 2. The number of rotatable bonds is 5. The molecule has 24 heavy (non-hydrogen) atoms. The van der Waals surface area contributed by atoms with Gasteiger partial charge in [0.1, 0.15) is 0 Å². The predicted molar refractivity (Wildman–Crippen MR) is 95.0 cm³/mol. The molecular weight excluding hydrogens is 302 g/mol. The Morgan fingerprint density at radius 3 is 2.12 bits per heavy atom. The molecule has 0 aliphatic heterocycles. The van der Waals surface area contributed by atoms with E-state index in [0.29, 0.717) is 11.5 Å². The van der Waals surface area contributed by atoms with Gasteiger partial charge in [0, 0.05) is 5.69 Å². The van der Waals surface area contributed by atoms with E-state index in [2.05, 4.69) is 11.4 Å². The molecule has 2 aromatic carbocycles. The van der Waals surface area contributed by atoms with Crippen LogP contribution in [0.3, 0.4) is 0 Å². The van der Waals surface area contributed by atoms with Crippen molar-refractivity contribution in [2.45, 2.75) is 32.1 Å². The fraction of sp³-hybridized carbons (Fsp3) is 0.350. The van der Waals surface area contributed by atoms with Gasteiger partial charge in [-0.1, -0.05) is 12.1 Å². The zero-order valence-electron chi connectivity index (χ0n) is 14.6. The van der Waals surface area contributed by atoms with Crippen LogP contribution in [0.2, 0.25) is 0 Å². The van der Waals surface area contributed by atoms with E-state index >= 15 is 0 Å². The lowest BCUT2D eigenvalue weighted by atomic mass is 9.94. The van der Waals surface area contributed by atoms with E-state index in [-0.39, 0.29) is 5.91 Å². The molecule has 0 bridgehead atoms. The highest BCUT2D eigenvalue weighted by Crippen LogP contribution is 2.50. The highest BCUT2D eigenvalue weighted by molar-refractivity contribution is 6.01. The van der Waals surface area contributed by atoms with Crippen molar-refractivity contribution in [2.24, 2.45) is 0 Å². The number of benzene rings is 2. The Kier molecular flexibility index (Phi) is 4.22. The summed E-state index contributed by atoms with van der Waals surface area (Å²) < 4.78 is 10.7. The van der Waals surface area contributed by atoms with Crippen molar-refractivity contribution in [1.82, 2.24) is 0 Å². The molecule has 1 saturated carbocycles. The molecule has 1 N–H and O–H groups in total. The summed E-state index contributed by atoms with van der Waals surface area (Å²) in [5, 5.41) is 3.08. The standard InChI is InChI=1S/C20H23NO3/c1-13-9-14(2)11-16(10-13)21-19(22)20(7-8-20)15-5-6-17(23-3)18(12-15)24-4/h5-6,9-12H,7-8H2,1-4H3,(H,21,22). The highest BCUT2D eigenvalue weighted by Gasteiger charge is 2.51. The van der Waals surface area contributed by atoms with Gasteiger partial charge in [0.25, 0.3) is 0 Å². The smallest absolute Gasteiger partial charge is 0.235 e. The van der Waals surface area contributed by atoms with Gasteiger partial charge in [0.15, 0.2) is 11.5 Å². The molecule has 0 unspecified atom stereocenters. The van der Waals surface area contributed by atoms with Crippen LogP contribution in [0.1, 0.15) is 29.5 Å². The quantitative estimate of drug-likeness (QED) is 0.904. The summed E-state index contributed by atoms with van der Waals surface area (Å²) in [5.41, 5.74) is 3.64. The van der Waals surface area contributed by atoms with E-state index in [1.807, 2.05) is 44.2 Å². The molecule has 4 nitrogen and oxygen atoms in total. The summed E-state index contributed by atoms with van der Waals surface area (Å²) >= 11 is 0. The molecule has 1 fully saturated rings. The van der Waals surface area contributed by atoms with Gasteiger partial charge in [-0.05, 0) is 67.6 Å². The Bertz CT molecular complexity index is 758. The van der Waals surface area contributed by atoms with Gasteiger partial charge in [0.2, 0.25) is 5.91 Å². The van der Waals surface area contributed by atoms with Crippen LogP contribution in [0, 0.1) is 13.8 Å². The van der Waals surface area contributed by atoms with E-state index in [9.17, 15) is 4.79 Å². The molecule has 1 aliphatic carbocycles. The number of carbonyl (C=O) groups is 1. The summed E-state index contributed by atoms with van der Waals surface area (Å²) in [6.45, 7) is 4.06. The number of hydrogen-bond acceptors (Lipinski definition) is 3. The number of nitrogens with one attached hydrogen (secondary N) is 1. The zero-order chi connectivity index (χ0) is 17.3. The minimum absolute atomic E-state index is 0.0414. The van der Waals surface area contributed by atoms with Crippen molar-refractivity contribution in [3.63, 3.8) is 0 Å². The normalized spacial score (nSPS) is 14.8. The Morgan fingerprint density at radius 1 is 0.958 bits per heavy atom. The van der Waals surface area contributed by atoms with Gasteiger partial charge in [-0.25, -0.2) is 0 Å². The Labute approximate surface area is 142 Å². The maximum atomic E-state index is 12.9. The van der Waals surface area contributed by atoms with E-state index in [1.54, 1.807) is 14.2 Å². The molecule has 0 radical (unpaired) electrons. The minimum Gasteiger partial charge on any atom is -0.493 e. The van der Waals surface area contributed by atoms with Crippen LogP contribution in [0.4, 0.5) is 5.69 Å². The molecule has 126 valence electrons. The molecule has 2 aromatic rings. The summed E-state index contributed by atoms with van der Waals surface area (Å²) in [7, 11) is 3.22. The first kappa shape index (κ1) is 16.4. The molecule has 1 amide bonds. The average Bonchev–Trinajstić information content (AvgIpc) is 3.35. The van der Waals surface area contributed by atoms with E-state index in [1.165, 1.54) is 0 Å². The molecule has 0 spiro atoms. The van der Waals surface area contributed by atoms with Crippen molar-refractivity contribution in [1.29, 1.82) is 0 Å². The van der Waals surface area contributed by atoms with Gasteiger partial charge < -0.3 is 14.8 Å². The second-order valence-corrected chi connectivity index (χ2v) is 6.48. The average molecular weight is 325 g/mol. The second kappa shape index (κ2) is 6.19. The molecule has 0 aromatic heterocycles. The zero-order valence-corrected chi connectivity index (χ0v) is 14.6. The van der Waals surface area contributed by atoms with Crippen LogP contribution < -0.4 is 14.8 Å². The molecule has 1 aliphatic rings. The summed E-state index contributed by atoms with van der Waals surface area (Å²) in [6, 6.07) is 11.8. The van der Waals surface area contributed by atoms with Gasteiger partial charge >= 0.3 is 0 Å². The SMILES string of the molecule is COc1ccc(C2(C(=O)Nc3cc(C)cc(C)c3)CC2)cc1OC. The Balaban J connectivity index is 1.86. The van der Waals surface area contributed by atoms with Crippen LogP contribution in [0.5, 0.6) is 11.5 Å². The molecule has 4 heteroatoms. The molecule has 0 atom stereocenters. The maximum absolute atomic E-state index is 12.9. The number of aryl methyl sites for hydroxylation is 2. The topological polar surface area (TPSA) is 47.6 Å². The first-order chi connectivity index (χ1) is 11.5. The molecule has 3 rings (SSSR count). The lowest BCUT2D eigenvalue weighted by Gasteiger charge is -2.18. The predicted octanol–water partition coefficient (Wildman–Crippen LogP) is 3.99. The van der Waals surface area contributed by atoms with Crippen molar-refractivity contribution < 1.29 is 14.3 Å². The van der Waals surface area contributed by atoms with Crippen LogP contribution in [-0.4, -0.2) is 20.1 Å².